The van der Waals surface area contributed by atoms with Crippen LogP contribution >= 0.6 is 11.6 Å². The number of anilines is 1. The Morgan fingerprint density at radius 2 is 1.79 bits per heavy atom. The van der Waals surface area contributed by atoms with E-state index in [9.17, 15) is 9.59 Å². The molecule has 1 saturated heterocycles. The first-order chi connectivity index (χ1) is 18.7. The predicted molar refractivity (Wildman–Crippen MR) is 151 cm³/mol. The molecule has 0 spiro atoms. The molecule has 0 unspecified atom stereocenters. The molecular weight excluding hydrogens is 516 g/mol. The van der Waals surface area contributed by atoms with Crippen molar-refractivity contribution in [3.05, 3.63) is 83.3 Å². The van der Waals surface area contributed by atoms with E-state index in [1.807, 2.05) is 69.3 Å². The molecule has 0 saturated carbocycles. The lowest BCUT2D eigenvalue weighted by Gasteiger charge is -2.37. The van der Waals surface area contributed by atoms with Gasteiger partial charge in [0.2, 0.25) is 0 Å². The second-order valence-corrected chi connectivity index (χ2v) is 10.9. The largest absolute Gasteiger partial charge is 0.444 e. The number of fused-ring (bicyclic) bond motifs is 1. The zero-order valence-corrected chi connectivity index (χ0v) is 23.0. The van der Waals surface area contributed by atoms with Gasteiger partial charge in [0.05, 0.1) is 11.8 Å². The maximum atomic E-state index is 13.0. The molecular formula is C29H31ClN6O3. The third-order valence-electron chi connectivity index (χ3n) is 6.46. The molecule has 0 aliphatic carbocycles. The molecule has 2 amide bonds. The van der Waals surface area contributed by atoms with Crippen molar-refractivity contribution in [3.63, 3.8) is 0 Å². The molecule has 1 aliphatic heterocycles. The van der Waals surface area contributed by atoms with E-state index in [1.165, 1.54) is 0 Å². The summed E-state index contributed by atoms with van der Waals surface area (Å²) in [5.74, 6) is -0.242. The average Bonchev–Trinajstić information content (AvgIpc) is 3.34. The van der Waals surface area contributed by atoms with Gasteiger partial charge >= 0.3 is 6.09 Å². The van der Waals surface area contributed by atoms with E-state index >= 15 is 0 Å². The summed E-state index contributed by atoms with van der Waals surface area (Å²) >= 11 is 6.14. The zero-order valence-electron chi connectivity index (χ0n) is 22.2. The Labute approximate surface area is 232 Å². The number of hydrogen-bond donors (Lipinski definition) is 1. The van der Waals surface area contributed by atoms with E-state index in [2.05, 4.69) is 20.3 Å². The lowest BCUT2D eigenvalue weighted by molar-refractivity contribution is 0.0240. The third-order valence-corrected chi connectivity index (χ3v) is 6.69. The van der Waals surface area contributed by atoms with Gasteiger partial charge in [-0.15, -0.1) is 0 Å². The Kier molecular flexibility index (Phi) is 7.43. The minimum Gasteiger partial charge on any atom is -0.444 e. The van der Waals surface area contributed by atoms with Crippen LogP contribution in [0.15, 0.2) is 67.1 Å². The minimum absolute atomic E-state index is 0.242. The van der Waals surface area contributed by atoms with E-state index in [0.717, 1.165) is 22.4 Å². The maximum Gasteiger partial charge on any atom is 0.410 e. The fourth-order valence-corrected chi connectivity index (χ4v) is 4.74. The van der Waals surface area contributed by atoms with Crippen LogP contribution in [0.2, 0.25) is 5.02 Å². The number of hydrogen-bond acceptors (Lipinski definition) is 6. The van der Waals surface area contributed by atoms with Crippen LogP contribution in [0.5, 0.6) is 0 Å². The first kappa shape index (κ1) is 26.5. The molecule has 9 nitrogen and oxygen atoms in total. The number of benzene rings is 2. The molecule has 39 heavy (non-hydrogen) atoms. The number of halogens is 1. The van der Waals surface area contributed by atoms with Gasteiger partial charge in [-0.05, 0) is 50.1 Å². The highest BCUT2D eigenvalue weighted by molar-refractivity contribution is 6.30. The number of rotatable bonds is 5. The fraction of sp³-hybridized carbons (Fsp3) is 0.310. The Balaban J connectivity index is 1.23. The quantitative estimate of drug-likeness (QED) is 0.377. The van der Waals surface area contributed by atoms with Crippen LogP contribution in [0.25, 0.3) is 16.8 Å². The number of ether oxygens (including phenoxy) is 1. The van der Waals surface area contributed by atoms with Crippen molar-refractivity contribution in [2.45, 2.75) is 32.9 Å². The van der Waals surface area contributed by atoms with Crippen molar-refractivity contribution in [1.29, 1.82) is 0 Å². The second-order valence-electron chi connectivity index (χ2n) is 10.4. The van der Waals surface area contributed by atoms with Crippen LogP contribution in [0, 0.1) is 0 Å². The highest BCUT2D eigenvalue weighted by Gasteiger charge is 2.26. The Hall–Kier alpha value is -4.11. The normalized spacial score (nSPS) is 13.9. The monoisotopic (exact) mass is 546 g/mol. The van der Waals surface area contributed by atoms with Crippen LogP contribution in [0.3, 0.4) is 0 Å². The highest BCUT2D eigenvalue weighted by atomic mass is 35.5. The summed E-state index contributed by atoms with van der Waals surface area (Å²) in [7, 11) is 0. The minimum atomic E-state index is -0.519. The lowest BCUT2D eigenvalue weighted by Crippen LogP contribution is -2.50. The summed E-state index contributed by atoms with van der Waals surface area (Å²) in [6.45, 7) is 8.46. The van der Waals surface area contributed by atoms with E-state index in [-0.39, 0.29) is 12.0 Å². The number of nitrogens with zero attached hydrogens (tertiary/aromatic N) is 5. The number of aromatic nitrogens is 3. The van der Waals surface area contributed by atoms with Crippen LogP contribution in [0.4, 0.5) is 10.5 Å². The van der Waals surface area contributed by atoms with Gasteiger partial charge in [-0.3, -0.25) is 4.79 Å². The van der Waals surface area contributed by atoms with Gasteiger partial charge in [0, 0.05) is 61.4 Å². The number of piperazine rings is 1. The topological polar surface area (TPSA) is 92.1 Å². The van der Waals surface area contributed by atoms with Gasteiger partial charge in [0.15, 0.2) is 5.65 Å². The van der Waals surface area contributed by atoms with Gasteiger partial charge in [0.25, 0.3) is 5.91 Å². The first-order valence-corrected chi connectivity index (χ1v) is 13.2. The lowest BCUT2D eigenvalue weighted by atomic mass is 10.1. The Morgan fingerprint density at radius 1 is 1.03 bits per heavy atom. The smallest absolute Gasteiger partial charge is 0.410 e. The van der Waals surface area contributed by atoms with Crippen molar-refractivity contribution in [2.24, 2.45) is 0 Å². The SMILES string of the molecule is CC(C)(C)OC(=O)N1CCN(c2ccccc2CNC(=O)c2cnc3c(-c4cccc(Cl)c4)cnn3c2)CC1. The first-order valence-electron chi connectivity index (χ1n) is 12.9. The average molecular weight is 547 g/mol. The van der Waals surface area contributed by atoms with E-state index in [4.69, 9.17) is 16.3 Å². The van der Waals surface area contributed by atoms with Gasteiger partial charge in [-0.2, -0.15) is 5.10 Å². The summed E-state index contributed by atoms with van der Waals surface area (Å²) in [6.07, 6.45) is 4.66. The fourth-order valence-electron chi connectivity index (χ4n) is 4.55. The molecule has 2 aromatic heterocycles. The van der Waals surface area contributed by atoms with Crippen molar-refractivity contribution < 1.29 is 14.3 Å². The molecule has 2 aromatic carbocycles. The number of para-hydroxylation sites is 1. The van der Waals surface area contributed by atoms with Gasteiger partial charge < -0.3 is 19.9 Å². The molecule has 10 heteroatoms. The van der Waals surface area contributed by atoms with Gasteiger partial charge in [-0.1, -0.05) is 41.9 Å². The van der Waals surface area contributed by atoms with E-state index in [0.29, 0.717) is 49.0 Å². The van der Waals surface area contributed by atoms with E-state index < -0.39 is 5.60 Å². The molecule has 1 aliphatic rings. The maximum absolute atomic E-state index is 13.0. The van der Waals surface area contributed by atoms with Gasteiger partial charge in [-0.25, -0.2) is 14.3 Å². The van der Waals surface area contributed by atoms with Crippen molar-refractivity contribution in [1.82, 2.24) is 24.8 Å². The zero-order chi connectivity index (χ0) is 27.6. The summed E-state index contributed by atoms with van der Waals surface area (Å²) in [5, 5.41) is 8.03. The molecule has 0 radical (unpaired) electrons. The molecule has 1 fully saturated rings. The van der Waals surface area contributed by atoms with Crippen molar-refractivity contribution in [3.8, 4) is 11.1 Å². The summed E-state index contributed by atoms with van der Waals surface area (Å²) < 4.78 is 7.11. The number of nitrogens with one attached hydrogen (secondary N) is 1. The number of amides is 2. The molecule has 1 N–H and O–H groups in total. The highest BCUT2D eigenvalue weighted by Crippen LogP contribution is 2.26. The van der Waals surface area contributed by atoms with Crippen LogP contribution in [-0.4, -0.2) is 63.3 Å². The van der Waals surface area contributed by atoms with Gasteiger partial charge in [0.1, 0.15) is 5.60 Å². The molecule has 202 valence electrons. The predicted octanol–water partition coefficient (Wildman–Crippen LogP) is 5.04. The molecule has 5 rings (SSSR count). The molecule has 0 bridgehead atoms. The Morgan fingerprint density at radius 3 is 2.54 bits per heavy atom. The molecule has 0 atom stereocenters. The molecule has 3 heterocycles. The number of carbonyl (C=O) groups excluding carboxylic acids is 2. The summed E-state index contributed by atoms with van der Waals surface area (Å²) in [6, 6.07) is 15.5. The van der Waals surface area contributed by atoms with Crippen molar-refractivity contribution in [2.75, 3.05) is 31.1 Å². The number of carbonyl (C=O) groups is 2. The van der Waals surface area contributed by atoms with Crippen molar-refractivity contribution >= 4 is 34.9 Å². The molecule has 4 aromatic rings. The summed E-state index contributed by atoms with van der Waals surface area (Å²) in [5.41, 5.74) is 4.31. The third kappa shape index (κ3) is 6.15. The standard InChI is InChI=1S/C29H31ClN6O3/c1-29(2,3)39-28(38)35-13-11-34(12-14-35)25-10-5-4-7-21(25)16-32-27(37)22-17-31-26-24(18-33-36(26)19-22)20-8-6-9-23(30)15-20/h4-10,15,17-19H,11-14,16H2,1-3H3,(H,32,37). The summed E-state index contributed by atoms with van der Waals surface area (Å²) in [4.78, 5) is 33.9. The Bertz CT molecular complexity index is 1500. The second kappa shape index (κ2) is 10.9. The van der Waals surface area contributed by atoms with Crippen LogP contribution < -0.4 is 10.2 Å². The van der Waals surface area contributed by atoms with E-state index in [1.54, 1.807) is 28.0 Å². The van der Waals surface area contributed by atoms with Crippen LogP contribution in [0.1, 0.15) is 36.7 Å². The van der Waals surface area contributed by atoms with Crippen LogP contribution in [-0.2, 0) is 11.3 Å².